The highest BCUT2D eigenvalue weighted by Crippen LogP contribution is 2.34. The summed E-state index contributed by atoms with van der Waals surface area (Å²) < 4.78 is 11.7. The van der Waals surface area contributed by atoms with Crippen molar-refractivity contribution in [2.24, 2.45) is 4.99 Å². The molecule has 5 nitrogen and oxygen atoms in total. The number of aliphatic imine (C=N–C) groups is 1. The molecule has 1 aromatic carbocycles. The van der Waals surface area contributed by atoms with Crippen LogP contribution in [-0.4, -0.2) is 37.8 Å². The van der Waals surface area contributed by atoms with E-state index in [2.05, 4.69) is 27.8 Å². The van der Waals surface area contributed by atoms with Gasteiger partial charge in [-0.25, -0.2) is 0 Å². The number of nitrogens with zero attached hydrogens (tertiary/aromatic N) is 1. The van der Waals surface area contributed by atoms with Crippen LogP contribution in [0.25, 0.3) is 11.0 Å². The van der Waals surface area contributed by atoms with Crippen molar-refractivity contribution >= 4 is 40.9 Å². The third-order valence-corrected chi connectivity index (χ3v) is 4.79. The van der Waals surface area contributed by atoms with Gasteiger partial charge in [0.25, 0.3) is 0 Å². The number of rotatable bonds is 4. The first-order valence-corrected chi connectivity index (χ1v) is 8.42. The zero-order chi connectivity index (χ0) is 15.6. The molecular formula is C18H24IN3O2. The molecule has 6 heteroatoms. The fourth-order valence-electron chi connectivity index (χ4n) is 3.62. The Bertz CT molecular complexity index is 682. The molecule has 3 unspecified atom stereocenters. The molecule has 2 aliphatic heterocycles. The van der Waals surface area contributed by atoms with Crippen LogP contribution in [0.4, 0.5) is 0 Å². The Morgan fingerprint density at radius 1 is 1.29 bits per heavy atom. The number of fused-ring (bicyclic) bond motifs is 3. The number of benzene rings is 1. The van der Waals surface area contributed by atoms with Gasteiger partial charge >= 0.3 is 0 Å². The Morgan fingerprint density at radius 2 is 2.17 bits per heavy atom. The summed E-state index contributed by atoms with van der Waals surface area (Å²) in [5, 5.41) is 8.02. The average Bonchev–Trinajstić information content (AvgIpc) is 3.28. The van der Waals surface area contributed by atoms with Crippen LogP contribution in [0.15, 0.2) is 39.7 Å². The van der Waals surface area contributed by atoms with Crippen LogP contribution in [0, 0.1) is 0 Å². The van der Waals surface area contributed by atoms with Gasteiger partial charge in [0.1, 0.15) is 11.3 Å². The van der Waals surface area contributed by atoms with Gasteiger partial charge in [-0.05, 0) is 31.4 Å². The van der Waals surface area contributed by atoms with Crippen molar-refractivity contribution in [1.82, 2.24) is 10.6 Å². The maximum absolute atomic E-state index is 5.88. The van der Waals surface area contributed by atoms with Gasteiger partial charge in [-0.3, -0.25) is 4.99 Å². The summed E-state index contributed by atoms with van der Waals surface area (Å²) in [5.41, 5.74) is 0.948. The van der Waals surface area contributed by atoms with Crippen molar-refractivity contribution in [2.45, 2.75) is 43.9 Å². The molecule has 2 N–H and O–H groups in total. The molecule has 0 amide bonds. The van der Waals surface area contributed by atoms with Gasteiger partial charge in [-0.1, -0.05) is 18.2 Å². The molecule has 3 heterocycles. The smallest absolute Gasteiger partial charge is 0.191 e. The summed E-state index contributed by atoms with van der Waals surface area (Å²) in [6, 6.07) is 10.6. The van der Waals surface area contributed by atoms with E-state index in [9.17, 15) is 0 Å². The summed E-state index contributed by atoms with van der Waals surface area (Å²) in [6.45, 7) is 0.793. The number of furan rings is 1. The molecule has 2 bridgehead atoms. The first kappa shape index (κ1) is 17.5. The number of guanidine groups is 1. The molecule has 2 saturated heterocycles. The molecule has 2 aliphatic rings. The minimum atomic E-state index is 0. The molecule has 2 aromatic rings. The number of para-hydroxylation sites is 1. The van der Waals surface area contributed by atoms with Gasteiger partial charge in [0.2, 0.25) is 0 Å². The van der Waals surface area contributed by atoms with E-state index in [1.807, 2.05) is 25.2 Å². The number of halogens is 1. The predicted octanol–water partition coefficient (Wildman–Crippen LogP) is 3.08. The quantitative estimate of drug-likeness (QED) is 0.435. The van der Waals surface area contributed by atoms with Crippen molar-refractivity contribution in [3.8, 4) is 0 Å². The summed E-state index contributed by atoms with van der Waals surface area (Å²) in [5.74, 6) is 1.85. The standard InChI is InChI=1S/C18H23N3O2.HI/c1-19-18(21-15-11-13-6-7-17(15)23-13)20-9-8-14-10-12-4-2-3-5-16(12)22-14;/h2-5,10,13,15,17H,6-9,11H2,1H3,(H2,19,20,21);1H. The van der Waals surface area contributed by atoms with Crippen LogP contribution < -0.4 is 10.6 Å². The Balaban J connectivity index is 0.00000169. The van der Waals surface area contributed by atoms with Gasteiger partial charge in [0.05, 0.1) is 18.2 Å². The molecule has 3 atom stereocenters. The number of ether oxygens (including phenoxy) is 1. The maximum Gasteiger partial charge on any atom is 0.191 e. The second-order valence-electron chi connectivity index (χ2n) is 6.36. The lowest BCUT2D eigenvalue weighted by atomic mass is 9.96. The maximum atomic E-state index is 5.88. The van der Waals surface area contributed by atoms with Crippen molar-refractivity contribution in [3.63, 3.8) is 0 Å². The van der Waals surface area contributed by atoms with E-state index in [4.69, 9.17) is 9.15 Å². The summed E-state index contributed by atoms with van der Waals surface area (Å²) >= 11 is 0. The first-order chi connectivity index (χ1) is 11.3. The molecule has 130 valence electrons. The normalized spacial score (nSPS) is 25.7. The molecule has 0 radical (unpaired) electrons. The van der Waals surface area contributed by atoms with Crippen molar-refractivity contribution < 1.29 is 9.15 Å². The van der Waals surface area contributed by atoms with Crippen LogP contribution in [0.1, 0.15) is 25.0 Å². The monoisotopic (exact) mass is 441 g/mol. The van der Waals surface area contributed by atoms with Gasteiger partial charge in [0.15, 0.2) is 5.96 Å². The number of nitrogens with one attached hydrogen (secondary N) is 2. The highest BCUT2D eigenvalue weighted by molar-refractivity contribution is 14.0. The van der Waals surface area contributed by atoms with E-state index in [-0.39, 0.29) is 24.0 Å². The third kappa shape index (κ3) is 3.69. The molecule has 0 spiro atoms. The second kappa shape index (κ2) is 7.74. The van der Waals surface area contributed by atoms with Crippen LogP contribution >= 0.6 is 24.0 Å². The molecule has 24 heavy (non-hydrogen) atoms. The second-order valence-corrected chi connectivity index (χ2v) is 6.36. The lowest BCUT2D eigenvalue weighted by Crippen LogP contribution is -2.47. The molecule has 4 rings (SSSR count). The van der Waals surface area contributed by atoms with E-state index >= 15 is 0 Å². The van der Waals surface area contributed by atoms with E-state index in [0.29, 0.717) is 18.2 Å². The Hall–Kier alpha value is -1.28. The zero-order valence-electron chi connectivity index (χ0n) is 13.8. The first-order valence-electron chi connectivity index (χ1n) is 8.42. The van der Waals surface area contributed by atoms with E-state index in [1.165, 1.54) is 6.42 Å². The molecule has 1 aromatic heterocycles. The van der Waals surface area contributed by atoms with Crippen LogP contribution in [0.2, 0.25) is 0 Å². The molecule has 0 aliphatic carbocycles. The Morgan fingerprint density at radius 3 is 2.88 bits per heavy atom. The largest absolute Gasteiger partial charge is 0.461 e. The van der Waals surface area contributed by atoms with E-state index in [1.54, 1.807) is 0 Å². The third-order valence-electron chi connectivity index (χ3n) is 4.79. The highest BCUT2D eigenvalue weighted by atomic mass is 127. The summed E-state index contributed by atoms with van der Waals surface area (Å²) in [7, 11) is 1.81. The fourth-order valence-corrected chi connectivity index (χ4v) is 3.62. The van der Waals surface area contributed by atoms with E-state index < -0.39 is 0 Å². The van der Waals surface area contributed by atoms with Gasteiger partial charge in [-0.2, -0.15) is 0 Å². The SMILES string of the molecule is CN=C(NCCc1cc2ccccc2o1)NC1CC2CCC1O2.I. The molecular weight excluding hydrogens is 417 g/mol. The summed E-state index contributed by atoms with van der Waals surface area (Å²) in [4.78, 5) is 4.32. The fraction of sp³-hybridized carbons (Fsp3) is 0.500. The van der Waals surface area contributed by atoms with E-state index in [0.717, 1.165) is 48.5 Å². The molecule has 0 saturated carbocycles. The topological polar surface area (TPSA) is 58.8 Å². The van der Waals surface area contributed by atoms with Crippen molar-refractivity contribution in [2.75, 3.05) is 13.6 Å². The predicted molar refractivity (Wildman–Crippen MR) is 106 cm³/mol. The average molecular weight is 441 g/mol. The lowest BCUT2D eigenvalue weighted by Gasteiger charge is -2.22. The van der Waals surface area contributed by atoms with Crippen LogP contribution in [0.5, 0.6) is 0 Å². The molecule has 2 fully saturated rings. The van der Waals surface area contributed by atoms with Crippen molar-refractivity contribution in [3.05, 3.63) is 36.1 Å². The highest BCUT2D eigenvalue weighted by Gasteiger charge is 2.41. The van der Waals surface area contributed by atoms with Crippen LogP contribution in [-0.2, 0) is 11.2 Å². The number of hydrogen-bond acceptors (Lipinski definition) is 3. The van der Waals surface area contributed by atoms with Crippen molar-refractivity contribution in [1.29, 1.82) is 0 Å². The minimum absolute atomic E-state index is 0. The van der Waals surface area contributed by atoms with Gasteiger partial charge in [-0.15, -0.1) is 24.0 Å². The lowest BCUT2D eigenvalue weighted by molar-refractivity contribution is 0.0992. The summed E-state index contributed by atoms with van der Waals surface area (Å²) in [6.07, 6.45) is 5.11. The zero-order valence-corrected chi connectivity index (χ0v) is 16.2. The number of hydrogen-bond donors (Lipinski definition) is 2. The van der Waals surface area contributed by atoms with Gasteiger partial charge in [0, 0.05) is 25.4 Å². The Labute approximate surface area is 159 Å². The minimum Gasteiger partial charge on any atom is -0.461 e. The van der Waals surface area contributed by atoms with Crippen LogP contribution in [0.3, 0.4) is 0 Å². The Kier molecular flexibility index (Phi) is 5.65. The van der Waals surface area contributed by atoms with Gasteiger partial charge < -0.3 is 19.8 Å².